The van der Waals surface area contributed by atoms with Crippen molar-refractivity contribution >= 4 is 27.5 Å². The van der Waals surface area contributed by atoms with Crippen molar-refractivity contribution in [2.24, 2.45) is 0 Å². The summed E-state index contributed by atoms with van der Waals surface area (Å²) in [6.07, 6.45) is 0. The molecule has 112 valence electrons. The number of nitrogens with two attached hydrogens (primary N) is 1. The number of benzene rings is 1. The highest BCUT2D eigenvalue weighted by Crippen LogP contribution is 2.22. The highest BCUT2D eigenvalue weighted by atomic mass is 79.9. The van der Waals surface area contributed by atoms with Gasteiger partial charge in [-0.05, 0) is 67.0 Å². The van der Waals surface area contributed by atoms with E-state index in [0.29, 0.717) is 17.8 Å². The largest absolute Gasteiger partial charge is 0.464 e. The first kappa shape index (κ1) is 15.6. The van der Waals surface area contributed by atoms with Crippen molar-refractivity contribution in [1.82, 2.24) is 4.90 Å². The SMILES string of the molecule is Cc1ccc(CN(C(=O)c2ccc(N)c(Br)c2)C(C)C)o1. The number of anilines is 1. The van der Waals surface area contributed by atoms with Crippen LogP contribution >= 0.6 is 15.9 Å². The highest BCUT2D eigenvalue weighted by Gasteiger charge is 2.20. The van der Waals surface area contributed by atoms with Gasteiger partial charge >= 0.3 is 0 Å². The minimum Gasteiger partial charge on any atom is -0.464 e. The summed E-state index contributed by atoms with van der Waals surface area (Å²) in [6.45, 7) is 6.31. The molecule has 1 amide bonds. The average Bonchev–Trinajstić information content (AvgIpc) is 2.83. The van der Waals surface area contributed by atoms with E-state index in [2.05, 4.69) is 15.9 Å². The third-order valence-electron chi connectivity index (χ3n) is 3.25. The Labute approximate surface area is 133 Å². The number of carbonyl (C=O) groups excluding carboxylic acids is 1. The predicted molar refractivity (Wildman–Crippen MR) is 87.0 cm³/mol. The Balaban J connectivity index is 2.24. The highest BCUT2D eigenvalue weighted by molar-refractivity contribution is 9.10. The molecule has 5 heteroatoms. The topological polar surface area (TPSA) is 59.5 Å². The second kappa shape index (κ2) is 6.35. The Morgan fingerprint density at radius 3 is 2.57 bits per heavy atom. The van der Waals surface area contributed by atoms with Crippen LogP contribution in [0.2, 0.25) is 0 Å². The Hall–Kier alpha value is -1.75. The quantitative estimate of drug-likeness (QED) is 0.848. The lowest BCUT2D eigenvalue weighted by Crippen LogP contribution is -2.36. The van der Waals surface area contributed by atoms with Gasteiger partial charge in [0, 0.05) is 21.8 Å². The van der Waals surface area contributed by atoms with Crippen molar-refractivity contribution in [3.63, 3.8) is 0 Å². The number of nitrogen functional groups attached to an aromatic ring is 1. The summed E-state index contributed by atoms with van der Waals surface area (Å²) in [5.74, 6) is 1.58. The number of rotatable bonds is 4. The van der Waals surface area contributed by atoms with E-state index in [-0.39, 0.29) is 11.9 Å². The van der Waals surface area contributed by atoms with E-state index in [0.717, 1.165) is 16.0 Å². The second-order valence-electron chi connectivity index (χ2n) is 5.28. The molecule has 0 saturated heterocycles. The Morgan fingerprint density at radius 1 is 1.33 bits per heavy atom. The summed E-state index contributed by atoms with van der Waals surface area (Å²) in [7, 11) is 0. The number of hydrogen-bond acceptors (Lipinski definition) is 3. The fourth-order valence-corrected chi connectivity index (χ4v) is 2.43. The molecule has 0 aliphatic heterocycles. The summed E-state index contributed by atoms with van der Waals surface area (Å²) in [4.78, 5) is 14.5. The summed E-state index contributed by atoms with van der Waals surface area (Å²) in [5.41, 5.74) is 6.98. The van der Waals surface area contributed by atoms with Gasteiger partial charge < -0.3 is 15.1 Å². The molecule has 2 rings (SSSR count). The average molecular weight is 351 g/mol. The van der Waals surface area contributed by atoms with Crippen molar-refractivity contribution in [2.45, 2.75) is 33.4 Å². The van der Waals surface area contributed by atoms with Crippen LogP contribution in [-0.4, -0.2) is 16.8 Å². The Bertz CT molecular complexity index is 649. The van der Waals surface area contributed by atoms with Gasteiger partial charge in [-0.2, -0.15) is 0 Å². The first-order valence-corrected chi connectivity index (χ1v) is 7.59. The molecule has 0 radical (unpaired) electrons. The minimum atomic E-state index is -0.0419. The van der Waals surface area contributed by atoms with Crippen LogP contribution in [0.3, 0.4) is 0 Å². The van der Waals surface area contributed by atoms with Crippen molar-refractivity contribution in [3.8, 4) is 0 Å². The molecule has 21 heavy (non-hydrogen) atoms. The molecule has 2 N–H and O–H groups in total. The molecule has 0 aliphatic carbocycles. The molecule has 0 fully saturated rings. The smallest absolute Gasteiger partial charge is 0.254 e. The van der Waals surface area contributed by atoms with Crippen LogP contribution in [0.5, 0.6) is 0 Å². The monoisotopic (exact) mass is 350 g/mol. The van der Waals surface area contributed by atoms with Gasteiger partial charge in [-0.15, -0.1) is 0 Å². The first-order chi connectivity index (χ1) is 9.88. The van der Waals surface area contributed by atoms with Crippen LogP contribution in [0.25, 0.3) is 0 Å². The van der Waals surface area contributed by atoms with Gasteiger partial charge in [-0.1, -0.05) is 0 Å². The molecule has 1 aromatic carbocycles. The van der Waals surface area contributed by atoms with E-state index >= 15 is 0 Å². The fraction of sp³-hybridized carbons (Fsp3) is 0.312. The second-order valence-corrected chi connectivity index (χ2v) is 6.13. The van der Waals surface area contributed by atoms with Gasteiger partial charge in [0.05, 0.1) is 6.54 Å². The lowest BCUT2D eigenvalue weighted by atomic mass is 10.1. The molecule has 4 nitrogen and oxygen atoms in total. The van der Waals surface area contributed by atoms with E-state index in [1.165, 1.54) is 0 Å². The van der Waals surface area contributed by atoms with Crippen molar-refractivity contribution < 1.29 is 9.21 Å². The van der Waals surface area contributed by atoms with Crippen molar-refractivity contribution in [2.75, 3.05) is 5.73 Å². The number of furan rings is 1. The van der Waals surface area contributed by atoms with E-state index in [4.69, 9.17) is 10.2 Å². The minimum absolute atomic E-state index is 0.0419. The van der Waals surface area contributed by atoms with Crippen LogP contribution in [0.4, 0.5) is 5.69 Å². The number of amides is 1. The van der Waals surface area contributed by atoms with E-state index in [9.17, 15) is 4.79 Å². The number of nitrogens with zero attached hydrogens (tertiary/aromatic N) is 1. The molecule has 0 spiro atoms. The molecule has 0 unspecified atom stereocenters. The van der Waals surface area contributed by atoms with Crippen molar-refractivity contribution in [3.05, 3.63) is 51.9 Å². The number of hydrogen-bond donors (Lipinski definition) is 1. The molecule has 1 aromatic heterocycles. The maximum absolute atomic E-state index is 12.7. The van der Waals surface area contributed by atoms with Gasteiger partial charge in [0.2, 0.25) is 0 Å². The van der Waals surface area contributed by atoms with Gasteiger partial charge in [0.25, 0.3) is 5.91 Å². The van der Waals surface area contributed by atoms with Crippen LogP contribution in [0.1, 0.15) is 35.7 Å². The molecule has 1 heterocycles. The van der Waals surface area contributed by atoms with Crippen LogP contribution < -0.4 is 5.73 Å². The van der Waals surface area contributed by atoms with Crippen LogP contribution in [0, 0.1) is 6.92 Å². The van der Waals surface area contributed by atoms with Gasteiger partial charge in [-0.25, -0.2) is 0 Å². The zero-order valence-electron chi connectivity index (χ0n) is 12.4. The lowest BCUT2D eigenvalue weighted by Gasteiger charge is -2.26. The normalized spacial score (nSPS) is 10.9. The predicted octanol–water partition coefficient (Wildman–Crippen LogP) is 3.98. The summed E-state index contributed by atoms with van der Waals surface area (Å²) in [6, 6.07) is 9.09. The summed E-state index contributed by atoms with van der Waals surface area (Å²) in [5, 5.41) is 0. The molecular weight excluding hydrogens is 332 g/mol. The van der Waals surface area contributed by atoms with E-state index in [1.54, 1.807) is 23.1 Å². The van der Waals surface area contributed by atoms with Crippen molar-refractivity contribution in [1.29, 1.82) is 0 Å². The molecule has 0 bridgehead atoms. The lowest BCUT2D eigenvalue weighted by molar-refractivity contribution is 0.0675. The molecular formula is C16H19BrN2O2. The Morgan fingerprint density at radius 2 is 2.05 bits per heavy atom. The van der Waals surface area contributed by atoms with Crippen LogP contribution in [-0.2, 0) is 6.54 Å². The zero-order valence-corrected chi connectivity index (χ0v) is 14.0. The standard InChI is InChI=1S/C16H19BrN2O2/c1-10(2)19(9-13-6-4-11(3)21-13)16(20)12-5-7-15(18)14(17)8-12/h4-8,10H,9,18H2,1-3H3. The first-order valence-electron chi connectivity index (χ1n) is 6.80. The van der Waals surface area contributed by atoms with Gasteiger partial charge in [-0.3, -0.25) is 4.79 Å². The third kappa shape index (κ3) is 3.67. The van der Waals surface area contributed by atoms with Crippen LogP contribution in [0.15, 0.2) is 39.2 Å². The summed E-state index contributed by atoms with van der Waals surface area (Å²) < 4.78 is 6.30. The Kier molecular flexibility index (Phi) is 4.73. The van der Waals surface area contributed by atoms with Gasteiger partial charge in [0.1, 0.15) is 11.5 Å². The van der Waals surface area contributed by atoms with E-state index < -0.39 is 0 Å². The number of halogens is 1. The zero-order chi connectivity index (χ0) is 15.6. The molecule has 0 saturated carbocycles. The third-order valence-corrected chi connectivity index (χ3v) is 3.94. The maximum atomic E-state index is 12.7. The summed E-state index contributed by atoms with van der Waals surface area (Å²) >= 11 is 3.36. The molecule has 0 aliphatic rings. The van der Waals surface area contributed by atoms with E-state index in [1.807, 2.05) is 32.9 Å². The number of carbonyl (C=O) groups is 1. The fourth-order valence-electron chi connectivity index (χ4n) is 2.05. The van der Waals surface area contributed by atoms with Gasteiger partial charge in [0.15, 0.2) is 0 Å². The number of aryl methyl sites for hydroxylation is 1. The molecule has 0 atom stereocenters. The maximum Gasteiger partial charge on any atom is 0.254 e. The molecule has 2 aromatic rings.